The number of ether oxygens (including phenoxy) is 1. The van der Waals surface area contributed by atoms with Gasteiger partial charge in [0.1, 0.15) is 5.75 Å². The van der Waals surface area contributed by atoms with Crippen LogP contribution in [0.1, 0.15) is 44.6 Å². The second-order valence-corrected chi connectivity index (χ2v) is 5.57. The molecule has 1 aromatic rings. The average molecular weight is 247 g/mol. The maximum Gasteiger partial charge on any atom is 0.122 e. The van der Waals surface area contributed by atoms with Gasteiger partial charge in [0.2, 0.25) is 0 Å². The van der Waals surface area contributed by atoms with E-state index in [1.165, 1.54) is 31.2 Å². The molecule has 2 rings (SSSR count). The van der Waals surface area contributed by atoms with Crippen LogP contribution in [0.4, 0.5) is 0 Å². The van der Waals surface area contributed by atoms with Crippen molar-refractivity contribution in [1.29, 1.82) is 0 Å². The predicted molar refractivity (Wildman–Crippen MR) is 75.9 cm³/mol. The largest absolute Gasteiger partial charge is 0.496 e. The van der Waals surface area contributed by atoms with Crippen LogP contribution in [0.3, 0.4) is 0 Å². The van der Waals surface area contributed by atoms with Crippen molar-refractivity contribution in [3.8, 4) is 5.75 Å². The van der Waals surface area contributed by atoms with Gasteiger partial charge in [-0.2, -0.15) is 0 Å². The van der Waals surface area contributed by atoms with Crippen LogP contribution in [0, 0.1) is 5.92 Å². The maximum atomic E-state index is 6.71. The first kappa shape index (κ1) is 13.4. The third-order valence-corrected chi connectivity index (χ3v) is 4.46. The zero-order valence-electron chi connectivity index (χ0n) is 11.6. The van der Waals surface area contributed by atoms with E-state index in [1.807, 2.05) is 12.1 Å². The van der Waals surface area contributed by atoms with Gasteiger partial charge in [-0.15, -0.1) is 0 Å². The van der Waals surface area contributed by atoms with Crippen LogP contribution in [-0.4, -0.2) is 12.6 Å². The molecule has 0 aromatic heterocycles. The van der Waals surface area contributed by atoms with Crippen molar-refractivity contribution in [2.75, 3.05) is 7.11 Å². The molecule has 0 aliphatic heterocycles. The molecule has 0 heterocycles. The summed E-state index contributed by atoms with van der Waals surface area (Å²) in [6.07, 6.45) is 7.15. The minimum absolute atomic E-state index is 0.0400. The van der Waals surface area contributed by atoms with Crippen molar-refractivity contribution >= 4 is 0 Å². The summed E-state index contributed by atoms with van der Waals surface area (Å²) in [6, 6.07) is 8.27. The Hall–Kier alpha value is -1.02. The molecule has 2 atom stereocenters. The van der Waals surface area contributed by atoms with Gasteiger partial charge in [-0.25, -0.2) is 0 Å². The number of nitrogens with two attached hydrogens (primary N) is 1. The number of hydrogen-bond acceptors (Lipinski definition) is 2. The van der Waals surface area contributed by atoms with Gasteiger partial charge in [0, 0.05) is 5.54 Å². The monoisotopic (exact) mass is 247 g/mol. The van der Waals surface area contributed by atoms with Gasteiger partial charge in [0.15, 0.2) is 0 Å². The van der Waals surface area contributed by atoms with Crippen molar-refractivity contribution in [3.63, 3.8) is 0 Å². The molecule has 2 N–H and O–H groups in total. The molecule has 18 heavy (non-hydrogen) atoms. The molecule has 0 radical (unpaired) electrons. The van der Waals surface area contributed by atoms with Crippen LogP contribution >= 0.6 is 0 Å². The Bertz CT molecular complexity index is 390. The summed E-state index contributed by atoms with van der Waals surface area (Å²) < 4.78 is 5.45. The highest BCUT2D eigenvalue weighted by molar-refractivity contribution is 5.35. The zero-order valence-corrected chi connectivity index (χ0v) is 11.6. The zero-order chi connectivity index (χ0) is 13.0. The number of benzene rings is 1. The molecule has 2 nitrogen and oxygen atoms in total. The van der Waals surface area contributed by atoms with E-state index in [0.717, 1.165) is 18.6 Å². The number of hydrogen-bond donors (Lipinski definition) is 1. The predicted octanol–water partition coefficient (Wildman–Crippen LogP) is 3.54. The summed E-state index contributed by atoms with van der Waals surface area (Å²) in [7, 11) is 1.74. The average Bonchev–Trinajstić information content (AvgIpc) is 2.39. The summed E-state index contributed by atoms with van der Waals surface area (Å²) in [5.74, 6) is 1.62. The molecule has 2 heteroatoms. The summed E-state index contributed by atoms with van der Waals surface area (Å²) in [5, 5.41) is 0. The van der Waals surface area contributed by atoms with E-state index in [4.69, 9.17) is 10.5 Å². The highest BCUT2D eigenvalue weighted by atomic mass is 16.5. The van der Waals surface area contributed by atoms with Crippen molar-refractivity contribution in [2.24, 2.45) is 11.7 Å². The molecular weight excluding hydrogens is 222 g/mol. The van der Waals surface area contributed by atoms with Crippen molar-refractivity contribution in [1.82, 2.24) is 0 Å². The molecule has 1 aromatic carbocycles. The lowest BCUT2D eigenvalue weighted by Gasteiger charge is -2.41. The first-order valence-electron chi connectivity index (χ1n) is 7.10. The van der Waals surface area contributed by atoms with Gasteiger partial charge in [0.25, 0.3) is 0 Å². The normalized spacial score (nSPS) is 28.1. The first-order chi connectivity index (χ1) is 8.69. The minimum Gasteiger partial charge on any atom is -0.496 e. The Balaban J connectivity index is 2.20. The van der Waals surface area contributed by atoms with E-state index in [1.54, 1.807) is 7.11 Å². The molecule has 0 bridgehead atoms. The van der Waals surface area contributed by atoms with Crippen LogP contribution < -0.4 is 10.5 Å². The quantitative estimate of drug-likeness (QED) is 0.883. The summed E-state index contributed by atoms with van der Waals surface area (Å²) in [6.45, 7) is 2.26. The SMILES string of the molecule is CCC1CCCCC1(N)Cc1ccccc1OC. The minimum atomic E-state index is -0.0400. The third kappa shape index (κ3) is 2.69. The molecule has 1 fully saturated rings. The topological polar surface area (TPSA) is 35.2 Å². The lowest BCUT2D eigenvalue weighted by atomic mass is 9.69. The lowest BCUT2D eigenvalue weighted by Crippen LogP contribution is -2.50. The molecule has 1 aliphatic rings. The molecule has 0 amide bonds. The molecular formula is C16H25NO. The fourth-order valence-electron chi connectivity index (χ4n) is 3.38. The summed E-state index contributed by atoms with van der Waals surface area (Å²) >= 11 is 0. The van der Waals surface area contributed by atoms with Crippen LogP contribution in [0.15, 0.2) is 24.3 Å². The van der Waals surface area contributed by atoms with Crippen LogP contribution in [0.5, 0.6) is 5.75 Å². The second-order valence-electron chi connectivity index (χ2n) is 5.57. The van der Waals surface area contributed by atoms with Gasteiger partial charge in [-0.3, -0.25) is 0 Å². The van der Waals surface area contributed by atoms with E-state index in [0.29, 0.717) is 5.92 Å². The Kier molecular flexibility index (Phi) is 4.28. The molecule has 1 aliphatic carbocycles. The van der Waals surface area contributed by atoms with Crippen LogP contribution in [0.25, 0.3) is 0 Å². The Morgan fingerprint density at radius 3 is 2.83 bits per heavy atom. The Labute approximate surface area is 111 Å². The van der Waals surface area contributed by atoms with Crippen LogP contribution in [-0.2, 0) is 6.42 Å². The van der Waals surface area contributed by atoms with Crippen molar-refractivity contribution < 1.29 is 4.74 Å². The number of methoxy groups -OCH3 is 1. The Morgan fingerprint density at radius 1 is 1.33 bits per heavy atom. The smallest absolute Gasteiger partial charge is 0.122 e. The molecule has 0 spiro atoms. The van der Waals surface area contributed by atoms with Gasteiger partial charge in [-0.1, -0.05) is 44.4 Å². The summed E-state index contributed by atoms with van der Waals surface area (Å²) in [5.41, 5.74) is 7.93. The molecule has 2 unspecified atom stereocenters. The van der Waals surface area contributed by atoms with E-state index in [2.05, 4.69) is 19.1 Å². The standard InChI is InChI=1S/C16H25NO/c1-3-14-9-6-7-11-16(14,17)12-13-8-4-5-10-15(13)18-2/h4-5,8,10,14H,3,6-7,9,11-12,17H2,1-2H3. The van der Waals surface area contributed by atoms with E-state index >= 15 is 0 Å². The van der Waals surface area contributed by atoms with Crippen molar-refractivity contribution in [2.45, 2.75) is 51.0 Å². The highest BCUT2D eigenvalue weighted by Crippen LogP contribution is 2.37. The molecule has 100 valence electrons. The molecule has 1 saturated carbocycles. The van der Waals surface area contributed by atoms with E-state index < -0.39 is 0 Å². The van der Waals surface area contributed by atoms with E-state index in [-0.39, 0.29) is 5.54 Å². The van der Waals surface area contributed by atoms with Gasteiger partial charge < -0.3 is 10.5 Å². The number of para-hydroxylation sites is 1. The van der Waals surface area contributed by atoms with Gasteiger partial charge in [-0.05, 0) is 36.8 Å². The first-order valence-corrected chi connectivity index (χ1v) is 7.10. The van der Waals surface area contributed by atoms with Crippen molar-refractivity contribution in [3.05, 3.63) is 29.8 Å². The highest BCUT2D eigenvalue weighted by Gasteiger charge is 2.36. The fourth-order valence-corrected chi connectivity index (χ4v) is 3.38. The molecule has 0 saturated heterocycles. The lowest BCUT2D eigenvalue weighted by molar-refractivity contribution is 0.181. The maximum absolute atomic E-state index is 6.71. The van der Waals surface area contributed by atoms with Gasteiger partial charge in [0.05, 0.1) is 7.11 Å². The third-order valence-electron chi connectivity index (χ3n) is 4.46. The van der Waals surface area contributed by atoms with E-state index in [9.17, 15) is 0 Å². The Morgan fingerprint density at radius 2 is 2.11 bits per heavy atom. The number of rotatable bonds is 4. The second kappa shape index (κ2) is 5.75. The van der Waals surface area contributed by atoms with Gasteiger partial charge >= 0.3 is 0 Å². The summed E-state index contributed by atoms with van der Waals surface area (Å²) in [4.78, 5) is 0. The fraction of sp³-hybridized carbons (Fsp3) is 0.625. The van der Waals surface area contributed by atoms with Crippen LogP contribution in [0.2, 0.25) is 0 Å².